The number of halogens is 2. The van der Waals surface area contributed by atoms with E-state index in [1.165, 1.54) is 0 Å². The zero-order valence-corrected chi connectivity index (χ0v) is 29.7. The SMILES string of the molecule is CCOC(=O)/N=C(\N)c1cc(Cl)ccc1CN1CCC(N2CCN(c3nc(N)c(C(=O)NCCNS(C)(=O)=O)nc3Cl)C[C@@H]2CC)CC1. The molecule has 2 fully saturated rings. The van der Waals surface area contributed by atoms with Crippen LogP contribution in [0.15, 0.2) is 23.2 Å². The number of hydrogen-bond acceptors (Lipinski definition) is 11. The van der Waals surface area contributed by atoms with Crippen LogP contribution in [0.2, 0.25) is 10.2 Å². The van der Waals surface area contributed by atoms with Gasteiger partial charge in [0.2, 0.25) is 10.0 Å². The molecular formula is C30H44Cl2N10O5S. The predicted octanol–water partition coefficient (Wildman–Crippen LogP) is 2.07. The zero-order valence-electron chi connectivity index (χ0n) is 27.4. The molecule has 18 heteroatoms. The highest BCUT2D eigenvalue weighted by Crippen LogP contribution is 2.30. The van der Waals surface area contributed by atoms with Gasteiger partial charge in [0.05, 0.1) is 12.9 Å². The fourth-order valence-corrected chi connectivity index (χ4v) is 6.97. The lowest BCUT2D eigenvalue weighted by atomic mass is 9.97. The number of nitrogens with two attached hydrogens (primary N) is 2. The number of ether oxygens (including phenoxy) is 1. The molecule has 0 saturated carbocycles. The van der Waals surface area contributed by atoms with Crippen molar-refractivity contribution in [2.24, 2.45) is 10.7 Å². The van der Waals surface area contributed by atoms with Crippen molar-refractivity contribution in [1.82, 2.24) is 29.8 Å². The average Bonchev–Trinajstić information content (AvgIpc) is 3.04. The first-order valence-corrected chi connectivity index (χ1v) is 18.5. The third-order valence-corrected chi connectivity index (χ3v) is 9.62. The number of piperidine rings is 1. The van der Waals surface area contributed by atoms with Crippen LogP contribution in [-0.2, 0) is 21.3 Å². The number of sulfonamides is 1. The Morgan fingerprint density at radius 2 is 1.83 bits per heavy atom. The molecule has 2 aromatic rings. The third-order valence-electron chi connectivity index (χ3n) is 8.40. The summed E-state index contributed by atoms with van der Waals surface area (Å²) < 4.78 is 29.7. The molecular weight excluding hydrogens is 683 g/mol. The van der Waals surface area contributed by atoms with Crippen molar-refractivity contribution in [3.8, 4) is 0 Å². The third kappa shape index (κ3) is 10.1. The molecule has 3 heterocycles. The molecule has 0 aliphatic carbocycles. The summed E-state index contributed by atoms with van der Waals surface area (Å²) >= 11 is 12.8. The highest BCUT2D eigenvalue weighted by Gasteiger charge is 2.34. The van der Waals surface area contributed by atoms with E-state index >= 15 is 0 Å². The summed E-state index contributed by atoms with van der Waals surface area (Å²) in [6.45, 7) is 8.73. The maximum Gasteiger partial charge on any atom is 0.435 e. The first-order valence-electron chi connectivity index (χ1n) is 15.9. The summed E-state index contributed by atoms with van der Waals surface area (Å²) in [4.78, 5) is 44.1. The molecule has 0 radical (unpaired) electrons. The van der Waals surface area contributed by atoms with Crippen LogP contribution >= 0.6 is 23.2 Å². The van der Waals surface area contributed by atoms with Crippen molar-refractivity contribution in [2.75, 3.05) is 69.3 Å². The Balaban J connectivity index is 1.34. The molecule has 0 spiro atoms. The molecule has 15 nitrogen and oxygen atoms in total. The highest BCUT2D eigenvalue weighted by molar-refractivity contribution is 7.88. The van der Waals surface area contributed by atoms with Crippen molar-refractivity contribution in [1.29, 1.82) is 0 Å². The Hall–Kier alpha value is -3.28. The minimum atomic E-state index is -3.37. The van der Waals surface area contributed by atoms with Gasteiger partial charge < -0.3 is 26.4 Å². The number of benzene rings is 1. The number of likely N-dealkylation sites (tertiary alicyclic amines) is 1. The minimum absolute atomic E-state index is 0.0255. The summed E-state index contributed by atoms with van der Waals surface area (Å²) in [5.74, 6) is -0.133. The maximum absolute atomic E-state index is 12.6. The summed E-state index contributed by atoms with van der Waals surface area (Å²) in [5, 5.41) is 3.16. The van der Waals surface area contributed by atoms with Crippen molar-refractivity contribution < 1.29 is 22.7 Å². The van der Waals surface area contributed by atoms with E-state index in [2.05, 4.69) is 46.6 Å². The first kappa shape index (κ1) is 37.5. The quantitative estimate of drug-likeness (QED) is 0.141. The predicted molar refractivity (Wildman–Crippen MR) is 187 cm³/mol. The van der Waals surface area contributed by atoms with Crippen LogP contribution < -0.4 is 26.4 Å². The smallest absolute Gasteiger partial charge is 0.435 e. The topological polar surface area (TPSA) is 201 Å². The highest BCUT2D eigenvalue weighted by atomic mass is 35.5. The number of nitrogens with zero attached hydrogens (tertiary/aromatic N) is 6. The van der Waals surface area contributed by atoms with E-state index in [9.17, 15) is 18.0 Å². The number of rotatable bonds is 12. The van der Waals surface area contributed by atoms with Gasteiger partial charge in [-0.05, 0) is 57.0 Å². The molecule has 48 heavy (non-hydrogen) atoms. The number of aliphatic imine (C=N–C) groups is 1. The standard InChI is InChI=1S/C30H44Cl2N10O5S/c1-4-21-18-41(28-25(32)37-24(27(34)38-28)29(43)35-10-11-36-48(3,45)46)14-15-42(21)22-8-12-40(13-9-22)17-19-6-7-20(31)16-23(19)26(33)39-30(44)47-5-2/h6-7,16,21-22,36H,4-5,8-15,17-18H2,1-3H3,(H2,34,38)(H,35,43)(H2,33,39,44)/t21-/m0/s1. The summed E-state index contributed by atoms with van der Waals surface area (Å²) in [7, 11) is -3.37. The molecule has 1 aromatic heterocycles. The van der Waals surface area contributed by atoms with Crippen LogP contribution in [0.25, 0.3) is 0 Å². The van der Waals surface area contributed by atoms with E-state index in [1.54, 1.807) is 13.0 Å². The van der Waals surface area contributed by atoms with E-state index in [0.29, 0.717) is 42.1 Å². The van der Waals surface area contributed by atoms with Gasteiger partial charge in [-0.3, -0.25) is 14.6 Å². The van der Waals surface area contributed by atoms with E-state index in [4.69, 9.17) is 39.4 Å². The lowest BCUT2D eigenvalue weighted by molar-refractivity contribution is 0.0610. The molecule has 1 aromatic carbocycles. The van der Waals surface area contributed by atoms with Gasteiger partial charge in [-0.25, -0.2) is 27.9 Å². The molecule has 1 atom stereocenters. The van der Waals surface area contributed by atoms with E-state index in [0.717, 1.165) is 50.7 Å². The van der Waals surface area contributed by atoms with Gasteiger partial charge in [0.15, 0.2) is 22.5 Å². The molecule has 2 amide bonds. The fourth-order valence-electron chi connectivity index (χ4n) is 6.08. The van der Waals surface area contributed by atoms with Crippen LogP contribution in [0.4, 0.5) is 16.4 Å². The molecule has 6 N–H and O–H groups in total. The molecule has 264 valence electrons. The van der Waals surface area contributed by atoms with Gasteiger partial charge in [0.25, 0.3) is 5.91 Å². The molecule has 0 bridgehead atoms. The van der Waals surface area contributed by atoms with Crippen LogP contribution in [0.3, 0.4) is 0 Å². The Bertz CT molecular complexity index is 1600. The zero-order chi connectivity index (χ0) is 35.0. The van der Waals surface area contributed by atoms with Gasteiger partial charge in [-0.1, -0.05) is 36.2 Å². The normalized spacial score (nSPS) is 18.6. The first-order chi connectivity index (χ1) is 22.8. The fraction of sp³-hybridized carbons (Fsp3) is 0.567. The second-order valence-electron chi connectivity index (χ2n) is 11.7. The van der Waals surface area contributed by atoms with Crippen molar-refractivity contribution in [3.05, 3.63) is 45.2 Å². The number of piperazine rings is 1. The Morgan fingerprint density at radius 1 is 1.10 bits per heavy atom. The number of nitrogens with one attached hydrogen (secondary N) is 2. The lowest BCUT2D eigenvalue weighted by Crippen LogP contribution is -2.58. The number of amides is 2. The van der Waals surface area contributed by atoms with Gasteiger partial charge in [0, 0.05) is 61.9 Å². The minimum Gasteiger partial charge on any atom is -0.448 e. The van der Waals surface area contributed by atoms with Gasteiger partial charge in [-0.2, -0.15) is 4.99 Å². The number of amidine groups is 1. The second kappa shape index (κ2) is 16.9. The van der Waals surface area contributed by atoms with Gasteiger partial charge in [-0.15, -0.1) is 0 Å². The Morgan fingerprint density at radius 3 is 2.50 bits per heavy atom. The van der Waals surface area contributed by atoms with Gasteiger partial charge in [0.1, 0.15) is 5.84 Å². The van der Waals surface area contributed by atoms with Crippen LogP contribution in [0.5, 0.6) is 0 Å². The van der Waals surface area contributed by atoms with Crippen LogP contribution in [0, 0.1) is 0 Å². The molecule has 0 unspecified atom stereocenters. The van der Waals surface area contributed by atoms with Crippen molar-refractivity contribution in [2.45, 2.75) is 51.7 Å². The Kier molecular flexibility index (Phi) is 13.2. The maximum atomic E-state index is 12.6. The summed E-state index contributed by atoms with van der Waals surface area (Å²) in [5.41, 5.74) is 13.8. The monoisotopic (exact) mass is 726 g/mol. The van der Waals surface area contributed by atoms with Crippen molar-refractivity contribution >= 4 is 62.7 Å². The average molecular weight is 728 g/mol. The number of carbonyl (C=O) groups excluding carboxylic acids is 2. The van der Waals surface area contributed by atoms with E-state index in [-0.39, 0.29) is 48.2 Å². The number of aromatic nitrogens is 2. The number of nitrogen functional groups attached to an aromatic ring is 1. The van der Waals surface area contributed by atoms with E-state index in [1.807, 2.05) is 12.1 Å². The molecule has 4 rings (SSSR count). The summed E-state index contributed by atoms with van der Waals surface area (Å²) in [6, 6.07) is 6.11. The largest absolute Gasteiger partial charge is 0.448 e. The molecule has 2 aliphatic heterocycles. The van der Waals surface area contributed by atoms with E-state index < -0.39 is 22.0 Å². The molecule has 2 saturated heterocycles. The number of carbonyl (C=O) groups is 2. The van der Waals surface area contributed by atoms with Gasteiger partial charge >= 0.3 is 6.09 Å². The number of anilines is 2. The van der Waals surface area contributed by atoms with Crippen LogP contribution in [-0.4, -0.2) is 117 Å². The molecule has 2 aliphatic rings. The lowest BCUT2D eigenvalue weighted by Gasteiger charge is -2.47. The second-order valence-corrected chi connectivity index (χ2v) is 14.4. The summed E-state index contributed by atoms with van der Waals surface area (Å²) in [6.07, 6.45) is 3.20. The van der Waals surface area contributed by atoms with Crippen molar-refractivity contribution in [3.63, 3.8) is 0 Å². The number of hydrogen-bond donors (Lipinski definition) is 4. The Labute approximate surface area is 291 Å². The van der Waals surface area contributed by atoms with Crippen LogP contribution in [0.1, 0.15) is 54.7 Å².